The third-order valence-electron chi connectivity index (χ3n) is 4.78. The summed E-state index contributed by atoms with van der Waals surface area (Å²) in [7, 11) is 1.63. The molecular weight excluding hydrogens is 390 g/mol. The molecule has 0 saturated carbocycles. The van der Waals surface area contributed by atoms with Crippen LogP contribution in [0.15, 0.2) is 48.7 Å². The van der Waals surface area contributed by atoms with Crippen LogP contribution in [-0.4, -0.2) is 37.2 Å². The molecule has 2 aromatic carbocycles. The zero-order chi connectivity index (χ0) is 20.1. The highest BCUT2D eigenvalue weighted by atomic mass is 35.5. The van der Waals surface area contributed by atoms with Crippen LogP contribution in [0.2, 0.25) is 0 Å². The Morgan fingerprint density at radius 3 is 2.66 bits per heavy atom. The Bertz CT molecular complexity index is 955. The van der Waals surface area contributed by atoms with Gasteiger partial charge in [0.2, 0.25) is 5.91 Å². The molecule has 3 rings (SSSR count). The number of carbonyl (C=O) groups is 1. The molecule has 1 aromatic heterocycles. The molecule has 1 unspecified atom stereocenters. The maximum absolute atomic E-state index is 12.1. The zero-order valence-corrected chi connectivity index (χ0v) is 17.7. The monoisotopic (exact) mass is 417 g/mol. The average Bonchev–Trinajstić information content (AvgIpc) is 3.13. The molecule has 2 atom stereocenters. The highest BCUT2D eigenvalue weighted by Crippen LogP contribution is 2.35. The summed E-state index contributed by atoms with van der Waals surface area (Å²) in [4.78, 5) is 15.4. The van der Waals surface area contributed by atoms with E-state index >= 15 is 0 Å². The van der Waals surface area contributed by atoms with Gasteiger partial charge in [0.1, 0.15) is 0 Å². The number of nitrogens with two attached hydrogens (primary N) is 1. The summed E-state index contributed by atoms with van der Waals surface area (Å²) in [5.41, 5.74) is 8.90. The number of aromatic amines is 1. The summed E-state index contributed by atoms with van der Waals surface area (Å²) < 4.78 is 11.2. The fraction of sp³-hybridized carbons (Fsp3) is 0.318. The number of fused-ring (bicyclic) bond motifs is 1. The van der Waals surface area contributed by atoms with Gasteiger partial charge in [-0.3, -0.25) is 4.79 Å². The first-order chi connectivity index (χ1) is 13.5. The number of methoxy groups -OCH3 is 1. The van der Waals surface area contributed by atoms with Crippen molar-refractivity contribution in [3.05, 3.63) is 59.8 Å². The van der Waals surface area contributed by atoms with Crippen molar-refractivity contribution < 1.29 is 14.3 Å². The SMILES string of the molecule is CCOc1ccc(C(CNC(=O)[C@H](C)N)c2c[nH]c3ccccc23)cc1OC.Cl. The molecule has 3 aromatic rings. The van der Waals surface area contributed by atoms with Crippen LogP contribution in [0.25, 0.3) is 10.9 Å². The maximum atomic E-state index is 12.1. The summed E-state index contributed by atoms with van der Waals surface area (Å²) in [6.45, 7) is 4.60. The standard InChI is InChI=1S/C22H27N3O3.ClH/c1-4-28-20-10-9-15(11-21(20)27-3)17(12-25-22(26)14(2)23)18-13-24-19-8-6-5-7-16(18)19;/h5-11,13-14,17,24H,4,12,23H2,1-3H3,(H,25,26);1H/t14-,17?;/m0./s1. The Morgan fingerprint density at radius 2 is 1.97 bits per heavy atom. The predicted molar refractivity (Wildman–Crippen MR) is 118 cm³/mol. The van der Waals surface area contributed by atoms with Gasteiger partial charge in [-0.15, -0.1) is 12.4 Å². The van der Waals surface area contributed by atoms with Gasteiger partial charge in [0.25, 0.3) is 0 Å². The van der Waals surface area contributed by atoms with Gasteiger partial charge in [-0.1, -0.05) is 24.3 Å². The van der Waals surface area contributed by atoms with E-state index in [2.05, 4.69) is 16.4 Å². The van der Waals surface area contributed by atoms with Gasteiger partial charge < -0.3 is 25.5 Å². The maximum Gasteiger partial charge on any atom is 0.236 e. The second-order valence-electron chi connectivity index (χ2n) is 6.72. The molecule has 4 N–H and O–H groups in total. The Kier molecular flexibility index (Phi) is 7.93. The molecule has 1 heterocycles. The van der Waals surface area contributed by atoms with Gasteiger partial charge in [0.15, 0.2) is 11.5 Å². The number of nitrogens with one attached hydrogen (secondary N) is 2. The van der Waals surface area contributed by atoms with E-state index in [1.807, 2.05) is 49.5 Å². The molecule has 29 heavy (non-hydrogen) atoms. The number of carbonyl (C=O) groups excluding carboxylic acids is 1. The number of halogens is 1. The Labute approximate surface area is 177 Å². The second kappa shape index (κ2) is 10.2. The van der Waals surface area contributed by atoms with Gasteiger partial charge in [0.05, 0.1) is 19.8 Å². The first-order valence-electron chi connectivity index (χ1n) is 9.45. The summed E-state index contributed by atoms with van der Waals surface area (Å²) in [5, 5.41) is 4.08. The molecule has 156 valence electrons. The van der Waals surface area contributed by atoms with E-state index in [4.69, 9.17) is 15.2 Å². The van der Waals surface area contributed by atoms with Gasteiger partial charge in [-0.05, 0) is 43.2 Å². The van der Waals surface area contributed by atoms with Crippen molar-refractivity contribution in [2.75, 3.05) is 20.3 Å². The van der Waals surface area contributed by atoms with Crippen molar-refractivity contribution in [1.82, 2.24) is 10.3 Å². The zero-order valence-electron chi connectivity index (χ0n) is 16.9. The van der Waals surface area contributed by atoms with Crippen LogP contribution in [0.3, 0.4) is 0 Å². The van der Waals surface area contributed by atoms with E-state index in [-0.39, 0.29) is 24.2 Å². The topological polar surface area (TPSA) is 89.4 Å². The number of para-hydroxylation sites is 1. The van der Waals surface area contributed by atoms with Crippen molar-refractivity contribution in [1.29, 1.82) is 0 Å². The predicted octanol–water partition coefficient (Wildman–Crippen LogP) is 3.59. The fourth-order valence-corrected chi connectivity index (χ4v) is 3.33. The van der Waals surface area contributed by atoms with Gasteiger partial charge in [0, 0.05) is 29.6 Å². The first kappa shape index (κ1) is 22.6. The molecule has 0 bridgehead atoms. The number of hydrogen-bond acceptors (Lipinski definition) is 4. The second-order valence-corrected chi connectivity index (χ2v) is 6.72. The highest BCUT2D eigenvalue weighted by Gasteiger charge is 2.21. The van der Waals surface area contributed by atoms with Crippen molar-refractivity contribution in [2.45, 2.75) is 25.8 Å². The lowest BCUT2D eigenvalue weighted by Crippen LogP contribution is -2.40. The minimum atomic E-state index is -0.557. The third kappa shape index (κ3) is 5.02. The molecule has 0 saturated heterocycles. The normalized spacial score (nSPS) is 12.7. The molecular formula is C22H28ClN3O3. The van der Waals surface area contributed by atoms with Crippen LogP contribution in [0.4, 0.5) is 0 Å². The van der Waals surface area contributed by atoms with E-state index in [1.165, 1.54) is 0 Å². The summed E-state index contributed by atoms with van der Waals surface area (Å²) in [6.07, 6.45) is 2.00. The summed E-state index contributed by atoms with van der Waals surface area (Å²) in [6, 6.07) is 13.5. The van der Waals surface area contributed by atoms with E-state index in [0.29, 0.717) is 24.7 Å². The smallest absolute Gasteiger partial charge is 0.236 e. The van der Waals surface area contributed by atoms with Crippen LogP contribution in [0, 0.1) is 0 Å². The van der Waals surface area contributed by atoms with Crippen molar-refractivity contribution >= 4 is 29.2 Å². The lowest BCUT2D eigenvalue weighted by Gasteiger charge is -2.20. The van der Waals surface area contributed by atoms with Gasteiger partial charge in [-0.2, -0.15) is 0 Å². The molecule has 7 heteroatoms. The van der Waals surface area contributed by atoms with E-state index < -0.39 is 6.04 Å². The summed E-state index contributed by atoms with van der Waals surface area (Å²) in [5.74, 6) is 1.12. The highest BCUT2D eigenvalue weighted by molar-refractivity contribution is 5.85. The molecule has 0 radical (unpaired) electrons. The lowest BCUT2D eigenvalue weighted by molar-refractivity contribution is -0.122. The van der Waals surface area contributed by atoms with E-state index in [0.717, 1.165) is 22.0 Å². The molecule has 0 spiro atoms. The Morgan fingerprint density at radius 1 is 1.21 bits per heavy atom. The van der Waals surface area contributed by atoms with E-state index in [9.17, 15) is 4.79 Å². The lowest BCUT2D eigenvalue weighted by atomic mass is 9.90. The van der Waals surface area contributed by atoms with Crippen molar-refractivity contribution in [3.63, 3.8) is 0 Å². The molecule has 0 aliphatic heterocycles. The molecule has 1 amide bonds. The fourth-order valence-electron chi connectivity index (χ4n) is 3.33. The number of hydrogen-bond donors (Lipinski definition) is 3. The summed E-state index contributed by atoms with van der Waals surface area (Å²) >= 11 is 0. The van der Waals surface area contributed by atoms with Gasteiger partial charge in [-0.25, -0.2) is 0 Å². The van der Waals surface area contributed by atoms with Crippen LogP contribution in [-0.2, 0) is 4.79 Å². The minimum absolute atomic E-state index is 0. The number of benzene rings is 2. The largest absolute Gasteiger partial charge is 0.493 e. The minimum Gasteiger partial charge on any atom is -0.493 e. The number of amides is 1. The van der Waals surface area contributed by atoms with Crippen molar-refractivity contribution in [3.8, 4) is 11.5 Å². The first-order valence-corrected chi connectivity index (χ1v) is 9.45. The van der Waals surface area contributed by atoms with Crippen molar-refractivity contribution in [2.24, 2.45) is 5.73 Å². The van der Waals surface area contributed by atoms with E-state index in [1.54, 1.807) is 14.0 Å². The molecule has 0 aliphatic rings. The number of H-pyrrole nitrogens is 1. The number of aromatic nitrogens is 1. The Hall–Kier alpha value is -2.70. The molecule has 0 aliphatic carbocycles. The Balaban J connectivity index is 0.00000300. The average molecular weight is 418 g/mol. The quantitative estimate of drug-likeness (QED) is 0.522. The van der Waals surface area contributed by atoms with Crippen LogP contribution >= 0.6 is 12.4 Å². The molecule has 6 nitrogen and oxygen atoms in total. The number of ether oxygens (including phenoxy) is 2. The van der Waals surface area contributed by atoms with Crippen LogP contribution in [0.1, 0.15) is 30.9 Å². The third-order valence-corrected chi connectivity index (χ3v) is 4.78. The van der Waals surface area contributed by atoms with Crippen LogP contribution in [0.5, 0.6) is 11.5 Å². The van der Waals surface area contributed by atoms with Crippen LogP contribution < -0.4 is 20.5 Å². The molecule has 0 fully saturated rings. The number of rotatable bonds is 8. The van der Waals surface area contributed by atoms with Gasteiger partial charge >= 0.3 is 0 Å².